The Kier molecular flexibility index (Phi) is 8.27. The summed E-state index contributed by atoms with van der Waals surface area (Å²) < 4.78 is 2.65. The summed E-state index contributed by atoms with van der Waals surface area (Å²) in [5, 5.41) is 15.1. The second kappa shape index (κ2) is 14.5. The number of thiophene rings is 1. The number of nitrogens with zero attached hydrogens (tertiary/aromatic N) is 1. The van der Waals surface area contributed by atoms with Gasteiger partial charge >= 0.3 is 0 Å². The maximum Gasteiger partial charge on any atom is 0.0540 e. The van der Waals surface area contributed by atoms with Gasteiger partial charge in [-0.3, -0.25) is 0 Å². The van der Waals surface area contributed by atoms with Crippen molar-refractivity contribution in [1.29, 1.82) is 0 Å². The molecule has 1 aliphatic rings. The lowest BCUT2D eigenvalue weighted by Crippen LogP contribution is -2.17. The molecule has 13 aromatic rings. The Morgan fingerprint density at radius 1 is 0.328 bits per heavy atom. The third-order valence-electron chi connectivity index (χ3n) is 14.8. The maximum atomic E-state index is 2.52. The molecule has 0 unspecified atom stereocenters. The van der Waals surface area contributed by atoms with Crippen molar-refractivity contribution >= 4 is 102 Å². The Morgan fingerprint density at radius 2 is 0.791 bits per heavy atom. The summed E-state index contributed by atoms with van der Waals surface area (Å²) in [5.41, 5.74) is 13.6. The number of fused-ring (bicyclic) bond motifs is 11. The van der Waals surface area contributed by atoms with Gasteiger partial charge in [0.2, 0.25) is 0 Å². The Bertz CT molecular complexity index is 4120. The van der Waals surface area contributed by atoms with Crippen molar-refractivity contribution in [2.75, 3.05) is 4.90 Å². The van der Waals surface area contributed by atoms with Crippen LogP contribution in [0, 0.1) is 0 Å². The smallest absolute Gasteiger partial charge is 0.0540 e. The van der Waals surface area contributed by atoms with Gasteiger partial charge in [-0.05, 0) is 148 Å². The number of benzene rings is 12. The molecule has 1 aromatic heterocycles. The molecule has 14 rings (SSSR count). The van der Waals surface area contributed by atoms with Crippen LogP contribution in [0.2, 0.25) is 0 Å². The minimum Gasteiger partial charge on any atom is -0.309 e. The van der Waals surface area contributed by atoms with Gasteiger partial charge in [0.25, 0.3) is 0 Å². The van der Waals surface area contributed by atoms with E-state index in [0.29, 0.717) is 0 Å². The fraction of sp³-hybridized carbons (Fsp3) is 0.0462. The standard InChI is InChI=1S/C65H43NS/c1-65(2)57-38-45(29-32-49(57)50-33-31-46(39-58(50)65)66(59-26-13-19-40-15-5-7-21-47(40)59)60-27-14-20-41-16-6-8-22-48(41)60)64-53-25-10-9-24-52(53)63(55-35-42-17-3-4-18-43(42)36-56(55)64)44-30-34-62-54(37-44)51-23-11-12-28-61(51)67-62/h3-39H,1-2H3. The second-order valence-corrected chi connectivity index (χ2v) is 19.9. The molecule has 0 bridgehead atoms. The summed E-state index contributed by atoms with van der Waals surface area (Å²) >= 11 is 1.88. The minimum absolute atomic E-state index is 0.267. The molecule has 12 aromatic carbocycles. The lowest BCUT2D eigenvalue weighted by Gasteiger charge is -2.30. The molecule has 0 fully saturated rings. The van der Waals surface area contributed by atoms with Crippen LogP contribution in [-0.4, -0.2) is 0 Å². The molecular formula is C65H43NS. The van der Waals surface area contributed by atoms with Gasteiger partial charge in [0.15, 0.2) is 0 Å². The lowest BCUT2D eigenvalue weighted by molar-refractivity contribution is 0.660. The zero-order valence-corrected chi connectivity index (χ0v) is 38.0. The van der Waals surface area contributed by atoms with E-state index in [-0.39, 0.29) is 5.41 Å². The molecule has 0 aliphatic heterocycles. The average molecular weight is 870 g/mol. The highest BCUT2D eigenvalue weighted by Crippen LogP contribution is 2.54. The second-order valence-electron chi connectivity index (χ2n) is 18.8. The van der Waals surface area contributed by atoms with Crippen molar-refractivity contribution in [2.45, 2.75) is 19.3 Å². The van der Waals surface area contributed by atoms with Gasteiger partial charge in [0, 0.05) is 42.0 Å². The van der Waals surface area contributed by atoms with Crippen molar-refractivity contribution in [3.05, 3.63) is 236 Å². The number of rotatable bonds is 5. The van der Waals surface area contributed by atoms with E-state index in [2.05, 4.69) is 243 Å². The first-order valence-electron chi connectivity index (χ1n) is 23.3. The van der Waals surface area contributed by atoms with Crippen LogP contribution in [0.4, 0.5) is 17.1 Å². The van der Waals surface area contributed by atoms with Crippen LogP contribution >= 0.6 is 11.3 Å². The molecular weight excluding hydrogens is 827 g/mol. The van der Waals surface area contributed by atoms with Crippen LogP contribution < -0.4 is 4.90 Å². The molecule has 0 radical (unpaired) electrons. The third kappa shape index (κ3) is 5.73. The van der Waals surface area contributed by atoms with Crippen LogP contribution in [0.1, 0.15) is 25.0 Å². The highest BCUT2D eigenvalue weighted by atomic mass is 32.1. The van der Waals surface area contributed by atoms with Crippen molar-refractivity contribution in [3.8, 4) is 33.4 Å². The van der Waals surface area contributed by atoms with E-state index in [1.165, 1.54) is 130 Å². The lowest BCUT2D eigenvalue weighted by atomic mass is 9.80. The molecule has 0 saturated carbocycles. The molecule has 0 atom stereocenters. The van der Waals surface area contributed by atoms with E-state index in [1.54, 1.807) is 0 Å². The SMILES string of the molecule is CC1(C)c2cc(-c3c4ccccc4c(-c4ccc5sc6ccccc6c5c4)c4cc5ccccc5cc34)ccc2-c2ccc(N(c3cccc4ccccc34)c3cccc4ccccc34)cc21. The quantitative estimate of drug-likeness (QED) is 0.156. The predicted octanol–water partition coefficient (Wildman–Crippen LogP) is 18.9. The van der Waals surface area contributed by atoms with E-state index in [1.807, 2.05) is 11.3 Å². The van der Waals surface area contributed by atoms with E-state index < -0.39 is 0 Å². The monoisotopic (exact) mass is 869 g/mol. The number of anilines is 3. The number of hydrogen-bond acceptors (Lipinski definition) is 2. The molecule has 1 nitrogen and oxygen atoms in total. The van der Waals surface area contributed by atoms with Gasteiger partial charge in [0.1, 0.15) is 0 Å². The topological polar surface area (TPSA) is 3.24 Å². The summed E-state index contributed by atoms with van der Waals surface area (Å²) in [6.45, 7) is 4.84. The maximum absolute atomic E-state index is 2.52. The molecule has 67 heavy (non-hydrogen) atoms. The summed E-state index contributed by atoms with van der Waals surface area (Å²) in [6, 6.07) is 84.1. The predicted molar refractivity (Wildman–Crippen MR) is 290 cm³/mol. The Balaban J connectivity index is 0.966. The van der Waals surface area contributed by atoms with E-state index in [9.17, 15) is 0 Å². The third-order valence-corrected chi connectivity index (χ3v) is 15.9. The number of hydrogen-bond donors (Lipinski definition) is 0. The van der Waals surface area contributed by atoms with Gasteiger partial charge in [-0.1, -0.05) is 178 Å². The highest BCUT2D eigenvalue weighted by molar-refractivity contribution is 7.25. The van der Waals surface area contributed by atoms with Crippen LogP contribution in [-0.2, 0) is 5.41 Å². The van der Waals surface area contributed by atoms with Gasteiger partial charge in [-0.15, -0.1) is 11.3 Å². The molecule has 0 spiro atoms. The molecule has 2 heteroatoms. The van der Waals surface area contributed by atoms with E-state index >= 15 is 0 Å². The van der Waals surface area contributed by atoms with Crippen molar-refractivity contribution < 1.29 is 0 Å². The average Bonchev–Trinajstić information content (AvgIpc) is 3.85. The molecule has 0 amide bonds. The van der Waals surface area contributed by atoms with E-state index in [4.69, 9.17) is 0 Å². The summed E-state index contributed by atoms with van der Waals surface area (Å²) in [4.78, 5) is 2.48. The normalized spacial score (nSPS) is 13.0. The first-order chi connectivity index (χ1) is 33.0. The zero-order chi connectivity index (χ0) is 44.4. The van der Waals surface area contributed by atoms with Gasteiger partial charge in [-0.25, -0.2) is 0 Å². The van der Waals surface area contributed by atoms with Gasteiger partial charge in [-0.2, -0.15) is 0 Å². The Labute approximate surface area is 393 Å². The van der Waals surface area contributed by atoms with Crippen LogP contribution in [0.25, 0.3) is 107 Å². The van der Waals surface area contributed by atoms with Crippen LogP contribution in [0.15, 0.2) is 224 Å². The molecule has 0 N–H and O–H groups in total. The molecule has 314 valence electrons. The molecule has 1 heterocycles. The fourth-order valence-electron chi connectivity index (χ4n) is 11.6. The summed E-state index contributed by atoms with van der Waals surface area (Å²) in [6.07, 6.45) is 0. The zero-order valence-electron chi connectivity index (χ0n) is 37.2. The minimum atomic E-state index is -0.267. The van der Waals surface area contributed by atoms with Crippen LogP contribution in [0.3, 0.4) is 0 Å². The summed E-state index contributed by atoms with van der Waals surface area (Å²) in [5.74, 6) is 0. The fourth-order valence-corrected chi connectivity index (χ4v) is 12.7. The van der Waals surface area contributed by atoms with Gasteiger partial charge < -0.3 is 4.90 Å². The van der Waals surface area contributed by atoms with Crippen LogP contribution in [0.5, 0.6) is 0 Å². The molecule has 0 saturated heterocycles. The first kappa shape index (κ1) is 38.3. The van der Waals surface area contributed by atoms with E-state index in [0.717, 1.165) is 5.69 Å². The van der Waals surface area contributed by atoms with Gasteiger partial charge in [0.05, 0.1) is 11.4 Å². The Morgan fingerprint density at radius 3 is 1.42 bits per heavy atom. The van der Waals surface area contributed by atoms with Crippen molar-refractivity contribution in [1.82, 2.24) is 0 Å². The summed E-state index contributed by atoms with van der Waals surface area (Å²) in [7, 11) is 0. The highest BCUT2D eigenvalue weighted by Gasteiger charge is 2.37. The Hall–Kier alpha value is -8.04. The largest absolute Gasteiger partial charge is 0.309 e. The first-order valence-corrected chi connectivity index (χ1v) is 24.1. The van der Waals surface area contributed by atoms with Crippen molar-refractivity contribution in [3.63, 3.8) is 0 Å². The molecule has 1 aliphatic carbocycles. The van der Waals surface area contributed by atoms with Crippen molar-refractivity contribution in [2.24, 2.45) is 0 Å².